The molecule has 2 heterocycles. The highest BCUT2D eigenvalue weighted by molar-refractivity contribution is 6.04. The highest BCUT2D eigenvalue weighted by Crippen LogP contribution is 2.26. The van der Waals surface area contributed by atoms with Gasteiger partial charge in [0.2, 0.25) is 0 Å². The Balaban J connectivity index is 2.22. The zero-order valence-corrected chi connectivity index (χ0v) is 7.19. The van der Waals surface area contributed by atoms with Crippen LogP contribution in [0.4, 0.5) is 4.79 Å². The molecule has 4 heteroatoms. The Hall–Kier alpha value is -1.50. The lowest BCUT2D eigenvalue weighted by Gasteiger charge is -2.12. The van der Waals surface area contributed by atoms with Gasteiger partial charge in [-0.1, -0.05) is 5.92 Å². The van der Waals surface area contributed by atoms with Crippen LogP contribution in [0.25, 0.3) is 0 Å². The largest absolute Gasteiger partial charge is 0.328 e. The SMILES string of the molecule is C#CCN1C(=O)[C@@H]2CCCN2C1=O. The topological polar surface area (TPSA) is 40.6 Å². The monoisotopic (exact) mass is 178 g/mol. The van der Waals surface area contributed by atoms with Crippen LogP contribution >= 0.6 is 0 Å². The van der Waals surface area contributed by atoms with Crippen LogP contribution in [0.3, 0.4) is 0 Å². The molecule has 2 fully saturated rings. The lowest BCUT2D eigenvalue weighted by Crippen LogP contribution is -2.33. The summed E-state index contributed by atoms with van der Waals surface area (Å²) < 4.78 is 0. The molecule has 0 aromatic heterocycles. The lowest BCUT2D eigenvalue weighted by atomic mass is 10.2. The van der Waals surface area contributed by atoms with Crippen molar-refractivity contribution >= 4 is 11.9 Å². The molecule has 0 aromatic carbocycles. The van der Waals surface area contributed by atoms with Gasteiger partial charge in [0.15, 0.2) is 0 Å². The molecule has 1 atom stereocenters. The molecule has 0 aliphatic carbocycles. The van der Waals surface area contributed by atoms with Crippen molar-refractivity contribution in [2.45, 2.75) is 18.9 Å². The normalized spacial score (nSPS) is 26.5. The molecule has 68 valence electrons. The van der Waals surface area contributed by atoms with Gasteiger partial charge in [-0.3, -0.25) is 9.69 Å². The van der Waals surface area contributed by atoms with Gasteiger partial charge in [0, 0.05) is 6.54 Å². The highest BCUT2D eigenvalue weighted by Gasteiger charge is 2.46. The Kier molecular flexibility index (Phi) is 1.73. The van der Waals surface area contributed by atoms with E-state index in [1.807, 2.05) is 0 Å². The molecule has 0 aromatic rings. The third-order valence-electron chi connectivity index (χ3n) is 2.53. The quantitative estimate of drug-likeness (QED) is 0.420. The summed E-state index contributed by atoms with van der Waals surface area (Å²) in [4.78, 5) is 25.8. The fraction of sp³-hybridized carbons (Fsp3) is 0.556. The second-order valence-electron chi connectivity index (χ2n) is 3.26. The number of rotatable bonds is 1. The van der Waals surface area contributed by atoms with Gasteiger partial charge in [-0.25, -0.2) is 4.79 Å². The van der Waals surface area contributed by atoms with Gasteiger partial charge in [-0.15, -0.1) is 6.42 Å². The van der Waals surface area contributed by atoms with E-state index in [0.29, 0.717) is 6.54 Å². The van der Waals surface area contributed by atoms with Crippen molar-refractivity contribution in [2.75, 3.05) is 13.1 Å². The molecule has 2 saturated heterocycles. The average molecular weight is 178 g/mol. The van der Waals surface area contributed by atoms with Crippen LogP contribution in [0.1, 0.15) is 12.8 Å². The van der Waals surface area contributed by atoms with Gasteiger partial charge >= 0.3 is 6.03 Å². The van der Waals surface area contributed by atoms with Crippen molar-refractivity contribution in [3.8, 4) is 12.3 Å². The number of nitrogens with zero attached hydrogens (tertiary/aromatic N) is 2. The van der Waals surface area contributed by atoms with Crippen molar-refractivity contribution in [1.29, 1.82) is 0 Å². The first kappa shape index (κ1) is 8.11. The Morgan fingerprint density at radius 3 is 2.92 bits per heavy atom. The zero-order chi connectivity index (χ0) is 9.42. The van der Waals surface area contributed by atoms with E-state index in [0.717, 1.165) is 17.7 Å². The van der Waals surface area contributed by atoms with Crippen LogP contribution in [-0.4, -0.2) is 40.9 Å². The van der Waals surface area contributed by atoms with E-state index in [9.17, 15) is 9.59 Å². The van der Waals surface area contributed by atoms with Crippen molar-refractivity contribution in [1.82, 2.24) is 9.80 Å². The van der Waals surface area contributed by atoms with Crippen LogP contribution in [-0.2, 0) is 4.79 Å². The number of fused-ring (bicyclic) bond motifs is 1. The Bertz CT molecular complexity index is 283. The van der Waals surface area contributed by atoms with Crippen molar-refractivity contribution in [3.05, 3.63) is 0 Å². The minimum absolute atomic E-state index is 0.102. The van der Waals surface area contributed by atoms with E-state index in [2.05, 4.69) is 5.92 Å². The van der Waals surface area contributed by atoms with E-state index in [4.69, 9.17) is 6.42 Å². The number of urea groups is 1. The minimum Gasteiger partial charge on any atom is -0.312 e. The summed E-state index contributed by atoms with van der Waals surface area (Å²) in [6.07, 6.45) is 6.77. The van der Waals surface area contributed by atoms with Crippen LogP contribution in [0.5, 0.6) is 0 Å². The van der Waals surface area contributed by atoms with Crippen LogP contribution in [0, 0.1) is 12.3 Å². The van der Waals surface area contributed by atoms with E-state index >= 15 is 0 Å². The molecule has 3 amide bonds. The predicted molar refractivity (Wildman–Crippen MR) is 45.7 cm³/mol. The van der Waals surface area contributed by atoms with Gasteiger partial charge in [0.25, 0.3) is 5.91 Å². The summed E-state index contributed by atoms with van der Waals surface area (Å²) in [5, 5.41) is 0. The van der Waals surface area contributed by atoms with Crippen molar-refractivity contribution < 1.29 is 9.59 Å². The molecular formula is C9H10N2O2. The molecule has 2 rings (SSSR count). The Labute approximate surface area is 76.5 Å². The van der Waals surface area contributed by atoms with Gasteiger partial charge in [-0.2, -0.15) is 0 Å². The molecule has 2 aliphatic rings. The molecule has 0 N–H and O–H groups in total. The molecule has 0 radical (unpaired) electrons. The van der Waals surface area contributed by atoms with E-state index in [1.54, 1.807) is 4.90 Å². The Morgan fingerprint density at radius 2 is 2.31 bits per heavy atom. The van der Waals surface area contributed by atoms with Crippen LogP contribution in [0.15, 0.2) is 0 Å². The molecular weight excluding hydrogens is 168 g/mol. The summed E-state index contributed by atoms with van der Waals surface area (Å²) in [7, 11) is 0. The number of carbonyl (C=O) groups excluding carboxylic acids is 2. The third kappa shape index (κ3) is 1.00. The molecule has 0 saturated carbocycles. The number of amides is 3. The van der Waals surface area contributed by atoms with Gasteiger partial charge < -0.3 is 4.90 Å². The van der Waals surface area contributed by atoms with Gasteiger partial charge in [-0.05, 0) is 12.8 Å². The smallest absolute Gasteiger partial charge is 0.312 e. The number of hydrogen-bond donors (Lipinski definition) is 0. The number of terminal acetylenes is 1. The van der Waals surface area contributed by atoms with Crippen molar-refractivity contribution in [2.24, 2.45) is 0 Å². The summed E-state index contributed by atoms with van der Waals surface area (Å²) in [6.45, 7) is 0.793. The second-order valence-corrected chi connectivity index (χ2v) is 3.26. The summed E-state index contributed by atoms with van der Waals surface area (Å²) in [6, 6.07) is -0.439. The first-order valence-electron chi connectivity index (χ1n) is 4.31. The molecule has 13 heavy (non-hydrogen) atoms. The fourth-order valence-corrected chi connectivity index (χ4v) is 1.92. The van der Waals surface area contributed by atoms with E-state index in [-0.39, 0.29) is 24.5 Å². The standard InChI is InChI=1S/C9H10N2O2/c1-2-5-11-8(12)7-4-3-6-10(7)9(11)13/h1,7H,3-6H2/t7-/m0/s1. The molecule has 0 spiro atoms. The summed E-state index contributed by atoms with van der Waals surface area (Å²) in [5.41, 5.74) is 0. The minimum atomic E-state index is -0.221. The zero-order valence-electron chi connectivity index (χ0n) is 7.19. The van der Waals surface area contributed by atoms with Gasteiger partial charge in [0.05, 0.1) is 6.54 Å². The highest BCUT2D eigenvalue weighted by atomic mass is 16.2. The fourth-order valence-electron chi connectivity index (χ4n) is 1.92. The molecule has 0 bridgehead atoms. The van der Waals surface area contributed by atoms with Crippen LogP contribution < -0.4 is 0 Å². The first-order chi connectivity index (χ1) is 6.25. The summed E-state index contributed by atoms with van der Waals surface area (Å²) >= 11 is 0. The van der Waals surface area contributed by atoms with E-state index < -0.39 is 0 Å². The third-order valence-corrected chi connectivity index (χ3v) is 2.53. The predicted octanol–water partition coefficient (Wildman–Crippen LogP) is 0.0462. The maximum absolute atomic E-state index is 11.6. The molecule has 4 nitrogen and oxygen atoms in total. The lowest BCUT2D eigenvalue weighted by molar-refractivity contribution is -0.127. The van der Waals surface area contributed by atoms with E-state index in [1.165, 1.54) is 0 Å². The maximum atomic E-state index is 11.6. The molecule has 0 unspecified atom stereocenters. The molecule has 2 aliphatic heterocycles. The van der Waals surface area contributed by atoms with Crippen LogP contribution in [0.2, 0.25) is 0 Å². The number of imide groups is 1. The first-order valence-corrected chi connectivity index (χ1v) is 4.31. The Morgan fingerprint density at radius 1 is 1.54 bits per heavy atom. The second kappa shape index (κ2) is 2.77. The number of hydrogen-bond acceptors (Lipinski definition) is 2. The van der Waals surface area contributed by atoms with Crippen molar-refractivity contribution in [3.63, 3.8) is 0 Å². The maximum Gasteiger partial charge on any atom is 0.328 e. The average Bonchev–Trinajstić information content (AvgIpc) is 2.66. The summed E-state index contributed by atoms with van der Waals surface area (Å²) in [5.74, 6) is 2.19. The number of carbonyl (C=O) groups is 2. The van der Waals surface area contributed by atoms with Gasteiger partial charge in [0.1, 0.15) is 6.04 Å².